The van der Waals surface area contributed by atoms with Crippen molar-refractivity contribution in [3.63, 3.8) is 0 Å². The summed E-state index contributed by atoms with van der Waals surface area (Å²) in [7, 11) is 1.99. The summed E-state index contributed by atoms with van der Waals surface area (Å²) in [5, 5.41) is 2.98. The van der Waals surface area contributed by atoms with E-state index in [2.05, 4.69) is 10.2 Å². The number of anilines is 2. The van der Waals surface area contributed by atoms with Gasteiger partial charge in [-0.25, -0.2) is 0 Å². The van der Waals surface area contributed by atoms with Crippen molar-refractivity contribution in [3.05, 3.63) is 53.1 Å². The van der Waals surface area contributed by atoms with Gasteiger partial charge in [0.25, 0.3) is 0 Å². The molecule has 0 aliphatic carbocycles. The van der Waals surface area contributed by atoms with Crippen LogP contribution in [0.4, 0.5) is 24.5 Å². The van der Waals surface area contributed by atoms with Gasteiger partial charge in [-0.05, 0) is 49.5 Å². The lowest BCUT2D eigenvalue weighted by Gasteiger charge is -2.34. The van der Waals surface area contributed by atoms with E-state index in [1.807, 2.05) is 11.9 Å². The lowest BCUT2D eigenvalue weighted by molar-refractivity contribution is -0.136. The molecule has 1 saturated heterocycles. The molecular weight excluding hydrogens is 423 g/mol. The van der Waals surface area contributed by atoms with Crippen LogP contribution in [0.1, 0.15) is 5.56 Å². The van der Waals surface area contributed by atoms with Crippen LogP contribution in [-0.2, 0) is 11.0 Å². The number of piperazine rings is 1. The molecule has 1 N–H and O–H groups in total. The first-order valence-electron chi connectivity index (χ1n) is 9.05. The van der Waals surface area contributed by atoms with Crippen molar-refractivity contribution in [3.8, 4) is 0 Å². The molecule has 0 atom stereocenters. The van der Waals surface area contributed by atoms with Crippen molar-refractivity contribution in [2.45, 2.75) is 11.1 Å². The second-order valence-electron chi connectivity index (χ2n) is 6.81. The maximum absolute atomic E-state index is 13.6. The molecule has 0 saturated carbocycles. The largest absolute Gasteiger partial charge is 0.418 e. The predicted molar refractivity (Wildman–Crippen MR) is 112 cm³/mol. The van der Waals surface area contributed by atoms with Crippen LogP contribution in [0, 0.1) is 0 Å². The normalized spacial score (nSPS) is 15.4. The number of carbonyl (C=O) groups is 1. The Hall–Kier alpha value is -1.90. The third-order valence-corrected chi connectivity index (χ3v) is 5.90. The zero-order chi connectivity index (χ0) is 21.0. The highest BCUT2D eigenvalue weighted by Crippen LogP contribution is 2.37. The molecule has 2 aromatic carbocycles. The van der Waals surface area contributed by atoms with E-state index in [1.54, 1.807) is 30.3 Å². The molecule has 0 unspecified atom stereocenters. The van der Waals surface area contributed by atoms with Crippen LogP contribution in [0.2, 0.25) is 5.02 Å². The average molecular weight is 444 g/mol. The predicted octanol–water partition coefficient (Wildman–Crippen LogP) is 4.84. The standard InChI is InChI=1S/C20H21ClF3N3OS/c1-26-8-10-27(11-9-26)15-4-7-18(17(12-15)20(22,23)24)25-19(28)13-29-16-5-2-14(21)3-6-16/h2-7,12H,8-11,13H2,1H3,(H,25,28). The average Bonchev–Trinajstić information content (AvgIpc) is 2.68. The van der Waals surface area contributed by atoms with Crippen LogP contribution in [0.25, 0.3) is 0 Å². The summed E-state index contributed by atoms with van der Waals surface area (Å²) in [6.45, 7) is 2.91. The molecule has 0 aromatic heterocycles. The van der Waals surface area contributed by atoms with Crippen molar-refractivity contribution in [1.82, 2.24) is 4.90 Å². The fourth-order valence-electron chi connectivity index (χ4n) is 3.00. The molecule has 29 heavy (non-hydrogen) atoms. The van der Waals surface area contributed by atoms with Crippen molar-refractivity contribution in [2.75, 3.05) is 49.2 Å². The number of likely N-dealkylation sites (N-methyl/N-ethyl adjacent to an activating group) is 1. The van der Waals surface area contributed by atoms with Crippen molar-refractivity contribution < 1.29 is 18.0 Å². The van der Waals surface area contributed by atoms with Gasteiger partial charge >= 0.3 is 6.18 Å². The van der Waals surface area contributed by atoms with E-state index in [9.17, 15) is 18.0 Å². The quantitative estimate of drug-likeness (QED) is 0.671. The summed E-state index contributed by atoms with van der Waals surface area (Å²) >= 11 is 7.05. The first kappa shape index (κ1) is 21.8. The number of carbonyl (C=O) groups excluding carboxylic acids is 1. The van der Waals surface area contributed by atoms with Crippen molar-refractivity contribution in [1.29, 1.82) is 0 Å². The van der Waals surface area contributed by atoms with Gasteiger partial charge in [0.2, 0.25) is 5.91 Å². The van der Waals surface area contributed by atoms with E-state index in [4.69, 9.17) is 11.6 Å². The monoisotopic (exact) mass is 443 g/mol. The molecule has 9 heteroatoms. The number of alkyl halides is 3. The lowest BCUT2D eigenvalue weighted by Crippen LogP contribution is -2.44. The number of nitrogens with one attached hydrogen (secondary N) is 1. The van der Waals surface area contributed by atoms with E-state index >= 15 is 0 Å². The second-order valence-corrected chi connectivity index (χ2v) is 8.29. The Bertz CT molecular complexity index is 853. The Labute approximate surface area is 177 Å². The maximum Gasteiger partial charge on any atom is 0.418 e. The minimum absolute atomic E-state index is 0.000853. The van der Waals surface area contributed by atoms with Gasteiger partial charge in [0.1, 0.15) is 0 Å². The van der Waals surface area contributed by atoms with Crippen LogP contribution in [0.15, 0.2) is 47.4 Å². The fraction of sp³-hybridized carbons (Fsp3) is 0.350. The van der Waals surface area contributed by atoms with Crippen LogP contribution in [0.3, 0.4) is 0 Å². The molecule has 1 heterocycles. The van der Waals surface area contributed by atoms with E-state index in [-0.39, 0.29) is 11.4 Å². The number of hydrogen-bond acceptors (Lipinski definition) is 4. The van der Waals surface area contributed by atoms with Gasteiger partial charge in [0.05, 0.1) is 17.0 Å². The molecule has 1 aliphatic rings. The number of thioether (sulfide) groups is 1. The molecule has 1 aliphatic heterocycles. The zero-order valence-electron chi connectivity index (χ0n) is 15.8. The van der Waals surface area contributed by atoms with Crippen LogP contribution in [0.5, 0.6) is 0 Å². The zero-order valence-corrected chi connectivity index (χ0v) is 17.4. The lowest BCUT2D eigenvalue weighted by atomic mass is 10.1. The van der Waals surface area contributed by atoms with Gasteiger partial charge in [-0.3, -0.25) is 4.79 Å². The molecule has 4 nitrogen and oxygen atoms in total. The summed E-state index contributed by atoms with van der Waals surface area (Å²) in [4.78, 5) is 17.1. The Morgan fingerprint density at radius 3 is 2.38 bits per heavy atom. The van der Waals surface area contributed by atoms with E-state index in [0.29, 0.717) is 23.8 Å². The Kier molecular flexibility index (Phi) is 6.97. The second kappa shape index (κ2) is 9.28. The topological polar surface area (TPSA) is 35.6 Å². The third kappa shape index (κ3) is 6.04. The molecule has 0 spiro atoms. The summed E-state index contributed by atoms with van der Waals surface area (Å²) in [6, 6.07) is 11.0. The number of rotatable bonds is 5. The highest BCUT2D eigenvalue weighted by molar-refractivity contribution is 8.00. The molecule has 1 fully saturated rings. The van der Waals surface area contributed by atoms with E-state index < -0.39 is 17.6 Å². The number of benzene rings is 2. The summed E-state index contributed by atoms with van der Waals surface area (Å²) in [5.41, 5.74) is -0.546. The summed E-state index contributed by atoms with van der Waals surface area (Å²) < 4.78 is 40.8. The van der Waals surface area contributed by atoms with Crippen LogP contribution < -0.4 is 10.2 Å². The highest BCUT2D eigenvalue weighted by Gasteiger charge is 2.35. The Balaban J connectivity index is 1.70. The van der Waals surface area contributed by atoms with E-state index in [1.165, 1.54) is 17.8 Å². The Morgan fingerprint density at radius 2 is 1.76 bits per heavy atom. The molecular formula is C20H21ClF3N3OS. The number of amides is 1. The smallest absolute Gasteiger partial charge is 0.369 e. The molecule has 2 aromatic rings. The summed E-state index contributed by atoms with van der Waals surface area (Å²) in [6.07, 6.45) is -4.56. The molecule has 156 valence electrons. The van der Waals surface area contributed by atoms with Gasteiger partial charge in [0.15, 0.2) is 0 Å². The molecule has 3 rings (SSSR count). The summed E-state index contributed by atoms with van der Waals surface area (Å²) in [5.74, 6) is -0.498. The van der Waals surface area contributed by atoms with Crippen LogP contribution >= 0.6 is 23.4 Å². The number of hydrogen-bond donors (Lipinski definition) is 1. The number of nitrogens with zero attached hydrogens (tertiary/aromatic N) is 2. The minimum atomic E-state index is -4.56. The number of halogens is 4. The van der Waals surface area contributed by atoms with Gasteiger partial charge in [-0.2, -0.15) is 13.2 Å². The van der Waals surface area contributed by atoms with Gasteiger partial charge in [0, 0.05) is 41.8 Å². The Morgan fingerprint density at radius 1 is 1.10 bits per heavy atom. The highest BCUT2D eigenvalue weighted by atomic mass is 35.5. The molecule has 0 radical (unpaired) electrons. The SMILES string of the molecule is CN1CCN(c2ccc(NC(=O)CSc3ccc(Cl)cc3)c(C(F)(F)F)c2)CC1. The van der Waals surface area contributed by atoms with Gasteiger partial charge < -0.3 is 15.1 Å². The van der Waals surface area contributed by atoms with Crippen LogP contribution in [-0.4, -0.2) is 49.8 Å². The first-order valence-corrected chi connectivity index (χ1v) is 10.4. The van der Waals surface area contributed by atoms with Gasteiger partial charge in [-0.15, -0.1) is 11.8 Å². The maximum atomic E-state index is 13.6. The minimum Gasteiger partial charge on any atom is -0.369 e. The third-order valence-electron chi connectivity index (χ3n) is 4.63. The van der Waals surface area contributed by atoms with Gasteiger partial charge in [-0.1, -0.05) is 11.6 Å². The molecule has 0 bridgehead atoms. The van der Waals surface area contributed by atoms with Crippen molar-refractivity contribution >= 4 is 40.6 Å². The van der Waals surface area contributed by atoms with Crippen molar-refractivity contribution in [2.24, 2.45) is 0 Å². The first-order chi connectivity index (χ1) is 13.7. The van der Waals surface area contributed by atoms with E-state index in [0.717, 1.165) is 24.1 Å². The fourth-order valence-corrected chi connectivity index (χ4v) is 3.83. The molecule has 1 amide bonds.